The predicted octanol–water partition coefficient (Wildman–Crippen LogP) is 1.27. The Labute approximate surface area is 86.0 Å². The number of aromatic nitrogens is 3. The lowest BCUT2D eigenvalue weighted by atomic mass is 10.3. The lowest BCUT2D eigenvalue weighted by molar-refractivity contribution is 0.0696. The van der Waals surface area contributed by atoms with Gasteiger partial charge in [0.05, 0.1) is 11.3 Å². The predicted molar refractivity (Wildman–Crippen MR) is 53.1 cm³/mol. The second kappa shape index (κ2) is 3.53. The standard InChI is InChI=1S/C10H9N3O2/c1-7-4-5-13(12-7)9-3-2-8(6-11-9)10(14)15/h2-6H,1H3,(H,14,15). The summed E-state index contributed by atoms with van der Waals surface area (Å²) in [5.74, 6) is -0.376. The number of nitrogens with zero attached hydrogens (tertiary/aromatic N) is 3. The summed E-state index contributed by atoms with van der Waals surface area (Å²) >= 11 is 0. The van der Waals surface area contributed by atoms with Crippen molar-refractivity contribution in [3.63, 3.8) is 0 Å². The van der Waals surface area contributed by atoms with Gasteiger partial charge < -0.3 is 5.11 Å². The number of carboxylic acid groups (broad SMARTS) is 1. The van der Waals surface area contributed by atoms with E-state index in [1.165, 1.54) is 12.3 Å². The first-order valence-electron chi connectivity index (χ1n) is 4.39. The van der Waals surface area contributed by atoms with Crippen LogP contribution in [0.5, 0.6) is 0 Å². The van der Waals surface area contributed by atoms with E-state index in [0.717, 1.165) is 5.69 Å². The Morgan fingerprint density at radius 1 is 1.40 bits per heavy atom. The molecule has 0 aromatic carbocycles. The van der Waals surface area contributed by atoms with Gasteiger partial charge in [-0.05, 0) is 25.1 Å². The van der Waals surface area contributed by atoms with Gasteiger partial charge in [-0.1, -0.05) is 0 Å². The van der Waals surface area contributed by atoms with Crippen molar-refractivity contribution in [1.82, 2.24) is 14.8 Å². The van der Waals surface area contributed by atoms with Crippen LogP contribution in [0.4, 0.5) is 0 Å². The Morgan fingerprint density at radius 3 is 2.67 bits per heavy atom. The minimum Gasteiger partial charge on any atom is -0.478 e. The van der Waals surface area contributed by atoms with Crippen LogP contribution in [0.15, 0.2) is 30.6 Å². The number of hydrogen-bond donors (Lipinski definition) is 1. The van der Waals surface area contributed by atoms with Crippen molar-refractivity contribution in [2.75, 3.05) is 0 Å². The Morgan fingerprint density at radius 2 is 2.20 bits per heavy atom. The number of rotatable bonds is 2. The summed E-state index contributed by atoms with van der Waals surface area (Å²) in [7, 11) is 0. The maximum absolute atomic E-state index is 10.6. The third-order valence-corrected chi connectivity index (χ3v) is 1.95. The van der Waals surface area contributed by atoms with Crippen molar-refractivity contribution in [2.45, 2.75) is 6.92 Å². The lowest BCUT2D eigenvalue weighted by Crippen LogP contribution is -2.01. The van der Waals surface area contributed by atoms with Gasteiger partial charge >= 0.3 is 5.97 Å². The molecule has 5 heteroatoms. The highest BCUT2D eigenvalue weighted by atomic mass is 16.4. The van der Waals surface area contributed by atoms with Gasteiger partial charge in [-0.3, -0.25) is 0 Å². The summed E-state index contributed by atoms with van der Waals surface area (Å²) in [5, 5.41) is 12.9. The van der Waals surface area contributed by atoms with Crippen LogP contribution < -0.4 is 0 Å². The summed E-state index contributed by atoms with van der Waals surface area (Å²) in [4.78, 5) is 14.6. The average molecular weight is 203 g/mol. The van der Waals surface area contributed by atoms with Gasteiger partial charge in [-0.2, -0.15) is 5.10 Å². The van der Waals surface area contributed by atoms with E-state index >= 15 is 0 Å². The van der Waals surface area contributed by atoms with Crippen molar-refractivity contribution >= 4 is 5.97 Å². The molecule has 2 heterocycles. The minimum absolute atomic E-state index is 0.169. The summed E-state index contributed by atoms with van der Waals surface area (Å²) in [6, 6.07) is 4.98. The average Bonchev–Trinajstić information content (AvgIpc) is 2.65. The molecule has 0 saturated heterocycles. The molecule has 0 amide bonds. The van der Waals surface area contributed by atoms with Crippen LogP contribution in [0.3, 0.4) is 0 Å². The van der Waals surface area contributed by atoms with E-state index in [0.29, 0.717) is 5.82 Å². The van der Waals surface area contributed by atoms with Crippen LogP contribution in [0.25, 0.3) is 5.82 Å². The first kappa shape index (κ1) is 9.39. The number of carbonyl (C=O) groups is 1. The van der Waals surface area contributed by atoms with Gasteiger partial charge in [0, 0.05) is 12.4 Å². The van der Waals surface area contributed by atoms with Crippen LogP contribution in [0, 0.1) is 6.92 Å². The van der Waals surface area contributed by atoms with Gasteiger partial charge in [-0.15, -0.1) is 0 Å². The Balaban J connectivity index is 2.35. The van der Waals surface area contributed by atoms with E-state index in [1.807, 2.05) is 13.0 Å². The van der Waals surface area contributed by atoms with Gasteiger partial charge in [0.1, 0.15) is 0 Å². The van der Waals surface area contributed by atoms with Crippen LogP contribution >= 0.6 is 0 Å². The molecule has 2 aromatic rings. The summed E-state index contributed by atoms with van der Waals surface area (Å²) in [5.41, 5.74) is 1.06. The van der Waals surface area contributed by atoms with E-state index in [4.69, 9.17) is 5.11 Å². The number of aromatic carboxylic acids is 1. The highest BCUT2D eigenvalue weighted by Crippen LogP contribution is 2.05. The molecule has 2 rings (SSSR count). The SMILES string of the molecule is Cc1ccn(-c2ccc(C(=O)O)cn2)n1. The maximum atomic E-state index is 10.6. The smallest absolute Gasteiger partial charge is 0.337 e. The second-order valence-corrected chi connectivity index (χ2v) is 3.11. The van der Waals surface area contributed by atoms with E-state index in [1.54, 1.807) is 16.9 Å². The van der Waals surface area contributed by atoms with Crippen LogP contribution in [-0.4, -0.2) is 25.8 Å². The molecular formula is C10H9N3O2. The van der Waals surface area contributed by atoms with E-state index in [9.17, 15) is 4.79 Å². The van der Waals surface area contributed by atoms with Gasteiger partial charge in [0.25, 0.3) is 0 Å². The number of carboxylic acids is 1. The molecule has 0 radical (unpaired) electrons. The third kappa shape index (κ3) is 1.85. The summed E-state index contributed by atoms with van der Waals surface area (Å²) in [6.45, 7) is 1.88. The molecule has 0 unspecified atom stereocenters. The van der Waals surface area contributed by atoms with Crippen molar-refractivity contribution < 1.29 is 9.90 Å². The van der Waals surface area contributed by atoms with E-state index < -0.39 is 5.97 Å². The fourth-order valence-corrected chi connectivity index (χ4v) is 1.19. The minimum atomic E-state index is -0.981. The normalized spacial score (nSPS) is 10.2. The topological polar surface area (TPSA) is 68.0 Å². The highest BCUT2D eigenvalue weighted by Gasteiger charge is 2.04. The summed E-state index contributed by atoms with van der Waals surface area (Å²) < 4.78 is 1.60. The quantitative estimate of drug-likeness (QED) is 0.798. The molecule has 0 atom stereocenters. The molecule has 0 bridgehead atoms. The zero-order valence-electron chi connectivity index (χ0n) is 8.08. The zero-order valence-corrected chi connectivity index (χ0v) is 8.08. The third-order valence-electron chi connectivity index (χ3n) is 1.95. The van der Waals surface area contributed by atoms with Crippen molar-refractivity contribution in [3.05, 3.63) is 41.9 Å². The highest BCUT2D eigenvalue weighted by molar-refractivity contribution is 5.87. The molecule has 1 N–H and O–H groups in total. The molecule has 5 nitrogen and oxygen atoms in total. The molecular weight excluding hydrogens is 194 g/mol. The first-order chi connectivity index (χ1) is 7.16. The largest absolute Gasteiger partial charge is 0.478 e. The fourth-order valence-electron chi connectivity index (χ4n) is 1.19. The van der Waals surface area contributed by atoms with Crippen LogP contribution in [0.1, 0.15) is 16.1 Å². The molecule has 0 saturated carbocycles. The van der Waals surface area contributed by atoms with E-state index in [2.05, 4.69) is 10.1 Å². The molecule has 0 spiro atoms. The van der Waals surface area contributed by atoms with Gasteiger partial charge in [-0.25, -0.2) is 14.5 Å². The first-order valence-corrected chi connectivity index (χ1v) is 4.39. The van der Waals surface area contributed by atoms with Crippen LogP contribution in [-0.2, 0) is 0 Å². The number of hydrogen-bond acceptors (Lipinski definition) is 3. The Hall–Kier alpha value is -2.17. The monoisotopic (exact) mass is 203 g/mol. The molecule has 0 aliphatic rings. The summed E-state index contributed by atoms with van der Waals surface area (Å²) in [6.07, 6.45) is 3.09. The maximum Gasteiger partial charge on any atom is 0.337 e. The van der Waals surface area contributed by atoms with Crippen LogP contribution in [0.2, 0.25) is 0 Å². The number of pyridine rings is 1. The molecule has 76 valence electrons. The molecule has 2 aromatic heterocycles. The second-order valence-electron chi connectivity index (χ2n) is 3.11. The van der Waals surface area contributed by atoms with Crippen molar-refractivity contribution in [3.8, 4) is 5.82 Å². The van der Waals surface area contributed by atoms with Gasteiger partial charge in [0.2, 0.25) is 0 Å². The molecule has 0 aliphatic heterocycles. The molecule has 0 aliphatic carbocycles. The number of aryl methyl sites for hydroxylation is 1. The van der Waals surface area contributed by atoms with Crippen molar-refractivity contribution in [1.29, 1.82) is 0 Å². The molecule has 0 fully saturated rings. The lowest BCUT2D eigenvalue weighted by Gasteiger charge is -1.99. The Bertz CT molecular complexity index is 488. The van der Waals surface area contributed by atoms with Gasteiger partial charge in [0.15, 0.2) is 5.82 Å². The molecule has 15 heavy (non-hydrogen) atoms. The van der Waals surface area contributed by atoms with Crippen molar-refractivity contribution in [2.24, 2.45) is 0 Å². The fraction of sp³-hybridized carbons (Fsp3) is 0.100. The van der Waals surface area contributed by atoms with E-state index in [-0.39, 0.29) is 5.56 Å². The Kier molecular flexibility index (Phi) is 2.21. The zero-order chi connectivity index (χ0) is 10.8.